The Morgan fingerprint density at radius 1 is 1.03 bits per heavy atom. The van der Waals surface area contributed by atoms with Crippen molar-refractivity contribution >= 4 is 27.6 Å². The van der Waals surface area contributed by atoms with Crippen molar-refractivity contribution in [2.45, 2.75) is 39.1 Å². The lowest BCUT2D eigenvalue weighted by Gasteiger charge is -2.21. The molecule has 3 aromatic carbocycles. The minimum absolute atomic E-state index is 0.129. The van der Waals surface area contributed by atoms with Crippen molar-refractivity contribution in [3.8, 4) is 22.5 Å². The maximum atomic E-state index is 13.4. The van der Waals surface area contributed by atoms with Crippen LogP contribution in [-0.4, -0.2) is 20.6 Å². The molecule has 0 bridgehead atoms. The van der Waals surface area contributed by atoms with Crippen LogP contribution in [0.4, 0.5) is 0 Å². The van der Waals surface area contributed by atoms with Crippen molar-refractivity contribution < 1.29 is 14.6 Å². The molecule has 7 heteroatoms. The Kier molecular flexibility index (Phi) is 5.01. The molecule has 1 unspecified atom stereocenters. The van der Waals surface area contributed by atoms with E-state index in [-0.39, 0.29) is 12.2 Å². The highest BCUT2D eigenvalue weighted by molar-refractivity contribution is 6.10. The number of cyclic esters (lactones) is 1. The largest absolute Gasteiger partial charge is 0.458 e. The Balaban J connectivity index is 1.46. The fourth-order valence-electron chi connectivity index (χ4n) is 5.94. The van der Waals surface area contributed by atoms with Gasteiger partial charge >= 0.3 is 5.97 Å². The van der Waals surface area contributed by atoms with E-state index in [0.717, 1.165) is 61.6 Å². The summed E-state index contributed by atoms with van der Waals surface area (Å²) in [6.45, 7) is 2.90. The number of nitrogens with two attached hydrogens (primary N) is 1. The Morgan fingerprint density at radius 2 is 1.79 bits per heavy atom. The minimum atomic E-state index is -1.46. The quantitative estimate of drug-likeness (QED) is 0.275. The van der Waals surface area contributed by atoms with E-state index in [2.05, 4.69) is 55.5 Å². The Bertz CT molecular complexity index is 1870. The number of pyridine rings is 2. The summed E-state index contributed by atoms with van der Waals surface area (Å²) in [6.07, 6.45) is -0.698. The number of aliphatic hydroxyl groups is 1. The van der Waals surface area contributed by atoms with Crippen LogP contribution in [0.1, 0.15) is 40.8 Å². The van der Waals surface area contributed by atoms with Crippen molar-refractivity contribution in [1.29, 1.82) is 0 Å². The topological polar surface area (TPSA) is 107 Å². The summed E-state index contributed by atoms with van der Waals surface area (Å²) in [4.78, 5) is 30.4. The van der Waals surface area contributed by atoms with Gasteiger partial charge in [0.15, 0.2) is 6.10 Å². The number of aliphatic hydroxyl groups excluding tert-OH is 1. The van der Waals surface area contributed by atoms with Crippen LogP contribution in [0.3, 0.4) is 0 Å². The maximum absolute atomic E-state index is 13.4. The lowest BCUT2D eigenvalue weighted by atomic mass is 9.92. The molecule has 3 N–H and O–H groups in total. The normalized spacial score (nSPS) is 15.9. The number of nitrogens with zero attached hydrogens (tertiary/aromatic N) is 2. The molecular formula is C31H25N3O4. The Labute approximate surface area is 218 Å². The molecule has 38 heavy (non-hydrogen) atoms. The smallest absolute Gasteiger partial charge is 0.340 e. The zero-order chi connectivity index (χ0) is 26.1. The summed E-state index contributed by atoms with van der Waals surface area (Å²) in [7, 11) is 0. The lowest BCUT2D eigenvalue weighted by Crippen LogP contribution is -2.32. The molecular weight excluding hydrogens is 478 g/mol. The van der Waals surface area contributed by atoms with Crippen LogP contribution in [0, 0.1) is 0 Å². The van der Waals surface area contributed by atoms with E-state index in [1.54, 1.807) is 10.6 Å². The molecule has 2 aromatic heterocycles. The highest BCUT2D eigenvalue weighted by atomic mass is 16.5. The van der Waals surface area contributed by atoms with Crippen molar-refractivity contribution in [3.05, 3.63) is 98.8 Å². The van der Waals surface area contributed by atoms with Crippen molar-refractivity contribution in [2.75, 3.05) is 0 Å². The summed E-state index contributed by atoms with van der Waals surface area (Å²) in [6, 6.07) is 20.6. The van der Waals surface area contributed by atoms with Gasteiger partial charge in [0.2, 0.25) is 0 Å². The molecule has 2 aliphatic rings. The number of rotatable bonds is 3. The predicted molar refractivity (Wildman–Crippen MR) is 146 cm³/mol. The SMILES string of the molecule is CCc1c2c(nc3ccc4ccc(-c5ccc(CN)cc5)cc4c13)-c1cc3c(c(=O)n1C2)COC(=O)C3O. The Hall–Kier alpha value is -4.33. The van der Waals surface area contributed by atoms with E-state index < -0.39 is 12.1 Å². The van der Waals surface area contributed by atoms with Crippen molar-refractivity contribution in [2.24, 2.45) is 5.73 Å². The first-order valence-electron chi connectivity index (χ1n) is 12.8. The van der Waals surface area contributed by atoms with E-state index in [4.69, 9.17) is 15.5 Å². The number of ether oxygens (including phenoxy) is 1. The van der Waals surface area contributed by atoms with Gasteiger partial charge in [0.25, 0.3) is 5.56 Å². The first-order valence-corrected chi connectivity index (χ1v) is 12.8. The van der Waals surface area contributed by atoms with Gasteiger partial charge < -0.3 is 20.1 Å². The fourth-order valence-corrected chi connectivity index (χ4v) is 5.94. The fraction of sp³-hybridized carbons (Fsp3) is 0.194. The molecule has 188 valence electrons. The first kappa shape index (κ1) is 22.8. The van der Waals surface area contributed by atoms with Gasteiger partial charge in [-0.3, -0.25) is 4.79 Å². The molecule has 0 amide bonds. The second-order valence-electron chi connectivity index (χ2n) is 9.93. The van der Waals surface area contributed by atoms with Crippen LogP contribution in [0.15, 0.2) is 65.5 Å². The molecule has 5 aromatic rings. The summed E-state index contributed by atoms with van der Waals surface area (Å²) < 4.78 is 6.71. The molecule has 0 saturated carbocycles. The van der Waals surface area contributed by atoms with E-state index in [1.165, 1.54) is 0 Å². The molecule has 2 aliphatic heterocycles. The molecule has 0 aliphatic carbocycles. The van der Waals surface area contributed by atoms with Crippen molar-refractivity contribution in [3.63, 3.8) is 0 Å². The number of carbonyl (C=O) groups is 1. The number of fused-ring (bicyclic) bond motifs is 7. The van der Waals surface area contributed by atoms with Crippen molar-refractivity contribution in [1.82, 2.24) is 9.55 Å². The molecule has 1 atom stereocenters. The van der Waals surface area contributed by atoms with E-state index in [0.29, 0.717) is 29.9 Å². The number of hydrogen-bond acceptors (Lipinski definition) is 6. The molecule has 0 radical (unpaired) electrons. The lowest BCUT2D eigenvalue weighted by molar-refractivity contribution is -0.157. The van der Waals surface area contributed by atoms with Crippen LogP contribution < -0.4 is 11.3 Å². The predicted octanol–water partition coefficient (Wildman–Crippen LogP) is 4.36. The van der Waals surface area contributed by atoms with E-state index in [9.17, 15) is 14.7 Å². The van der Waals surface area contributed by atoms with Gasteiger partial charge in [0.1, 0.15) is 6.61 Å². The van der Waals surface area contributed by atoms with Crippen LogP contribution in [0.5, 0.6) is 0 Å². The third-order valence-corrected chi connectivity index (χ3v) is 7.93. The monoisotopic (exact) mass is 503 g/mol. The number of aromatic nitrogens is 2. The highest BCUT2D eigenvalue weighted by Crippen LogP contribution is 2.40. The molecule has 4 heterocycles. The number of hydrogen-bond donors (Lipinski definition) is 2. The molecule has 0 saturated heterocycles. The van der Waals surface area contributed by atoms with Gasteiger partial charge in [-0.1, -0.05) is 49.4 Å². The second-order valence-corrected chi connectivity index (χ2v) is 9.93. The van der Waals surface area contributed by atoms with Crippen LogP contribution >= 0.6 is 0 Å². The van der Waals surface area contributed by atoms with Gasteiger partial charge in [-0.2, -0.15) is 0 Å². The van der Waals surface area contributed by atoms with E-state index >= 15 is 0 Å². The first-order chi connectivity index (χ1) is 18.5. The van der Waals surface area contributed by atoms with Gasteiger partial charge in [-0.15, -0.1) is 0 Å². The average molecular weight is 504 g/mol. The zero-order valence-electron chi connectivity index (χ0n) is 20.8. The maximum Gasteiger partial charge on any atom is 0.340 e. The summed E-state index contributed by atoms with van der Waals surface area (Å²) >= 11 is 0. The number of benzene rings is 3. The van der Waals surface area contributed by atoms with Crippen LogP contribution in [0.25, 0.3) is 44.2 Å². The molecule has 7 nitrogen and oxygen atoms in total. The van der Waals surface area contributed by atoms with Gasteiger partial charge in [0.05, 0.1) is 29.0 Å². The third-order valence-electron chi connectivity index (χ3n) is 7.93. The highest BCUT2D eigenvalue weighted by Gasteiger charge is 2.34. The number of carbonyl (C=O) groups excluding carboxylic acids is 1. The van der Waals surface area contributed by atoms with Crippen LogP contribution in [0.2, 0.25) is 0 Å². The number of esters is 1. The van der Waals surface area contributed by atoms with Gasteiger partial charge in [0, 0.05) is 23.1 Å². The Morgan fingerprint density at radius 3 is 2.55 bits per heavy atom. The van der Waals surface area contributed by atoms with Gasteiger partial charge in [-0.25, -0.2) is 9.78 Å². The molecule has 0 fully saturated rings. The molecule has 0 spiro atoms. The summed E-state index contributed by atoms with van der Waals surface area (Å²) in [5.74, 6) is -0.735. The van der Waals surface area contributed by atoms with E-state index in [1.807, 2.05) is 6.07 Å². The minimum Gasteiger partial charge on any atom is -0.458 e. The number of aryl methyl sites for hydroxylation is 1. The molecule has 7 rings (SSSR count). The summed E-state index contributed by atoms with van der Waals surface area (Å²) in [5, 5.41) is 13.8. The standard InChI is InChI=1S/C31H25N3O4/c1-2-20-23-14-34-26(12-22-24(30(34)36)15-38-31(37)29(22)35)28(23)33-25-10-9-18-7-8-19(11-21(18)27(20)25)17-5-3-16(13-32)4-6-17/h3-12,29,35H,2,13-15,32H2,1H3. The van der Waals surface area contributed by atoms with Crippen LogP contribution in [-0.2, 0) is 35.6 Å². The average Bonchev–Trinajstić information content (AvgIpc) is 3.32. The zero-order valence-corrected chi connectivity index (χ0v) is 20.8. The second kappa shape index (κ2) is 8.34. The summed E-state index contributed by atoms with van der Waals surface area (Å²) in [5.41, 5.74) is 13.9. The van der Waals surface area contributed by atoms with Gasteiger partial charge in [-0.05, 0) is 57.6 Å². The third kappa shape index (κ3) is 3.19.